The van der Waals surface area contributed by atoms with Crippen molar-refractivity contribution >= 4 is 23.9 Å². The molecule has 1 heterocycles. The number of aliphatic carboxylic acids is 1. The predicted octanol–water partition coefficient (Wildman–Crippen LogP) is 15.9. The van der Waals surface area contributed by atoms with Crippen molar-refractivity contribution < 1.29 is 58.2 Å². The van der Waals surface area contributed by atoms with Gasteiger partial charge in [-0.2, -0.15) is 0 Å². The molecular weight excluding hydrogens is 973 g/mol. The minimum atomic E-state index is -1.92. The Balaban J connectivity index is 2.70. The van der Waals surface area contributed by atoms with Crippen LogP contribution in [-0.2, 0) is 42.9 Å². The lowest BCUT2D eigenvalue weighted by Crippen LogP contribution is -2.61. The molecule has 77 heavy (non-hydrogen) atoms. The minimum Gasteiger partial charge on any atom is -0.479 e. The Bertz CT molecular complexity index is 1660. The van der Waals surface area contributed by atoms with Crippen LogP contribution in [0.25, 0.3) is 0 Å². The molecule has 1 fully saturated rings. The molecule has 0 amide bonds. The van der Waals surface area contributed by atoms with Gasteiger partial charge in [-0.05, 0) is 77.0 Å². The second-order valence-corrected chi connectivity index (χ2v) is 20.6. The van der Waals surface area contributed by atoms with Crippen LogP contribution in [-0.4, -0.2) is 89.2 Å². The summed E-state index contributed by atoms with van der Waals surface area (Å²) in [5, 5.41) is 31.5. The van der Waals surface area contributed by atoms with Gasteiger partial charge in [0.05, 0.1) is 6.61 Å². The Labute approximate surface area is 467 Å². The molecule has 0 radical (unpaired) electrons. The maximum absolute atomic E-state index is 13.1. The van der Waals surface area contributed by atoms with Gasteiger partial charge in [-0.15, -0.1) is 0 Å². The third-order valence-electron chi connectivity index (χ3n) is 13.5. The molecular formula is C65H108O12. The van der Waals surface area contributed by atoms with Crippen LogP contribution in [0.2, 0.25) is 0 Å². The quantitative estimate of drug-likeness (QED) is 0.0228. The van der Waals surface area contributed by atoms with Crippen molar-refractivity contribution in [3.05, 3.63) is 85.1 Å². The molecule has 0 aliphatic carbocycles. The van der Waals surface area contributed by atoms with Crippen molar-refractivity contribution in [1.29, 1.82) is 0 Å². The Morgan fingerprint density at radius 1 is 0.442 bits per heavy atom. The van der Waals surface area contributed by atoms with Crippen molar-refractivity contribution in [2.24, 2.45) is 0 Å². The van der Waals surface area contributed by atoms with Crippen LogP contribution >= 0.6 is 0 Å². The lowest BCUT2D eigenvalue weighted by molar-refractivity contribution is -0.301. The number of esters is 3. The number of carboxylic acids is 1. The molecule has 0 spiro atoms. The van der Waals surface area contributed by atoms with E-state index in [1.807, 2.05) is 12.2 Å². The highest BCUT2D eigenvalue weighted by atomic mass is 16.7. The molecule has 0 aromatic rings. The normalized spacial score (nSPS) is 18.6. The maximum atomic E-state index is 13.1. The van der Waals surface area contributed by atoms with Crippen LogP contribution in [0.3, 0.4) is 0 Å². The van der Waals surface area contributed by atoms with Crippen LogP contribution in [0.5, 0.6) is 0 Å². The lowest BCUT2D eigenvalue weighted by atomic mass is 9.98. The van der Waals surface area contributed by atoms with Gasteiger partial charge < -0.3 is 39.0 Å². The molecule has 6 atom stereocenters. The number of aliphatic hydroxyl groups excluding tert-OH is 2. The predicted molar refractivity (Wildman–Crippen MR) is 312 cm³/mol. The van der Waals surface area contributed by atoms with E-state index in [1.54, 1.807) is 0 Å². The Kier molecular flexibility index (Phi) is 48.4. The SMILES string of the molecule is CC/C=C\C/C=C\C/C=C\C/C=C\CCC(=O)OC(COC(=O)CCCCCCCCC/C=C\C/C=C\C/C=C\CC)COC1OC(C(=O)O)C(O)C(O)C1OC(=O)CCCCCCCCCCCCCCCCCCC. The standard InChI is InChI=1S/C65H108O12/c1-4-7-10-13-16-19-22-25-27-29-31-34-36-39-42-45-48-51-57(66)73-54-56(75-58(67)52-49-46-43-40-37-33-24-21-18-15-12-9-6-3)55-74-65-63(61(70)60(69)62(77-65)64(71)72)76-59(68)53-50-47-44-41-38-35-32-30-28-26-23-20-17-14-11-8-5-2/h7,9-10,12,16,18-19,21,25,27,33,37,43,46,56,60-63,65,69-70H,4-6,8,11,13-15,17,20,22-24,26,28-32,34-36,38-42,44-45,47-55H2,1-3H3,(H,71,72)/b10-7-,12-9-,19-16-,21-18-,27-25-,37-33-,46-43-. The van der Waals surface area contributed by atoms with Gasteiger partial charge in [0.15, 0.2) is 24.6 Å². The van der Waals surface area contributed by atoms with E-state index in [4.69, 9.17) is 23.7 Å². The summed E-state index contributed by atoms with van der Waals surface area (Å²) >= 11 is 0. The second kappa shape index (κ2) is 52.6. The maximum Gasteiger partial charge on any atom is 0.335 e. The van der Waals surface area contributed by atoms with E-state index in [-0.39, 0.29) is 25.9 Å². The lowest BCUT2D eigenvalue weighted by Gasteiger charge is -2.40. The summed E-state index contributed by atoms with van der Waals surface area (Å²) in [6.07, 6.45) is 55.7. The summed E-state index contributed by atoms with van der Waals surface area (Å²) < 4.78 is 28.4. The monoisotopic (exact) mass is 1080 g/mol. The number of carbonyl (C=O) groups is 4. The molecule has 6 unspecified atom stereocenters. The number of ether oxygens (including phenoxy) is 5. The number of carboxylic acid groups (broad SMARTS) is 1. The zero-order valence-corrected chi connectivity index (χ0v) is 48.4. The van der Waals surface area contributed by atoms with Gasteiger partial charge in [-0.3, -0.25) is 14.4 Å². The topological polar surface area (TPSA) is 175 Å². The molecule has 12 heteroatoms. The van der Waals surface area contributed by atoms with E-state index in [9.17, 15) is 34.5 Å². The Morgan fingerprint density at radius 3 is 1.30 bits per heavy atom. The van der Waals surface area contributed by atoms with Crippen LogP contribution < -0.4 is 0 Å². The second-order valence-electron chi connectivity index (χ2n) is 20.6. The average molecular weight is 1080 g/mol. The Hall–Kier alpha value is -4.10. The smallest absolute Gasteiger partial charge is 0.335 e. The highest BCUT2D eigenvalue weighted by molar-refractivity contribution is 5.74. The molecule has 3 N–H and O–H groups in total. The summed E-state index contributed by atoms with van der Waals surface area (Å²) in [6, 6.07) is 0. The van der Waals surface area contributed by atoms with E-state index in [0.717, 1.165) is 103 Å². The van der Waals surface area contributed by atoms with Crippen molar-refractivity contribution in [3.8, 4) is 0 Å². The number of carbonyl (C=O) groups excluding carboxylic acids is 3. The van der Waals surface area contributed by atoms with Crippen LogP contribution in [0.4, 0.5) is 0 Å². The summed E-state index contributed by atoms with van der Waals surface area (Å²) in [5.74, 6) is -3.24. The molecule has 0 aromatic carbocycles. The van der Waals surface area contributed by atoms with Gasteiger partial charge in [0.2, 0.25) is 0 Å². The fourth-order valence-corrected chi connectivity index (χ4v) is 8.87. The summed E-state index contributed by atoms with van der Waals surface area (Å²) in [6.45, 7) is 5.71. The first-order valence-electron chi connectivity index (χ1n) is 30.6. The fourth-order valence-electron chi connectivity index (χ4n) is 8.87. The first-order valence-corrected chi connectivity index (χ1v) is 30.6. The first kappa shape index (κ1) is 70.9. The summed E-state index contributed by atoms with van der Waals surface area (Å²) in [4.78, 5) is 51.1. The molecule has 1 aliphatic heterocycles. The minimum absolute atomic E-state index is 0.0377. The molecule has 0 aromatic heterocycles. The fraction of sp³-hybridized carbons (Fsp3) is 0.723. The van der Waals surface area contributed by atoms with Crippen LogP contribution in [0, 0.1) is 0 Å². The van der Waals surface area contributed by atoms with E-state index < -0.39 is 67.3 Å². The van der Waals surface area contributed by atoms with E-state index in [2.05, 4.69) is 93.7 Å². The third-order valence-corrected chi connectivity index (χ3v) is 13.5. The highest BCUT2D eigenvalue weighted by Crippen LogP contribution is 2.26. The number of hydrogen-bond donors (Lipinski definition) is 3. The van der Waals surface area contributed by atoms with Gasteiger partial charge in [-0.1, -0.05) is 241 Å². The Morgan fingerprint density at radius 2 is 0.844 bits per heavy atom. The number of rotatable bonds is 51. The number of allylic oxidation sites excluding steroid dienone is 14. The first-order chi connectivity index (χ1) is 37.6. The number of hydrogen-bond acceptors (Lipinski definition) is 11. The zero-order chi connectivity index (χ0) is 56.1. The largest absolute Gasteiger partial charge is 0.479 e. The van der Waals surface area contributed by atoms with Gasteiger partial charge in [0, 0.05) is 19.3 Å². The van der Waals surface area contributed by atoms with E-state index in [0.29, 0.717) is 25.7 Å². The van der Waals surface area contributed by atoms with Crippen LogP contribution in [0.15, 0.2) is 85.1 Å². The summed E-state index contributed by atoms with van der Waals surface area (Å²) in [5.41, 5.74) is 0. The third kappa shape index (κ3) is 42.5. The van der Waals surface area contributed by atoms with Crippen molar-refractivity contribution in [3.63, 3.8) is 0 Å². The van der Waals surface area contributed by atoms with E-state index in [1.165, 1.54) is 83.5 Å². The highest BCUT2D eigenvalue weighted by Gasteiger charge is 2.50. The van der Waals surface area contributed by atoms with Gasteiger partial charge in [-0.25, -0.2) is 4.79 Å². The molecule has 12 nitrogen and oxygen atoms in total. The molecule has 0 saturated carbocycles. The molecule has 1 rings (SSSR count). The van der Waals surface area contributed by atoms with Crippen LogP contribution in [0.1, 0.15) is 252 Å². The molecule has 1 aliphatic rings. The van der Waals surface area contributed by atoms with Gasteiger partial charge >= 0.3 is 23.9 Å². The van der Waals surface area contributed by atoms with Gasteiger partial charge in [0.1, 0.15) is 18.8 Å². The van der Waals surface area contributed by atoms with Crippen molar-refractivity contribution in [1.82, 2.24) is 0 Å². The molecule has 1 saturated heterocycles. The zero-order valence-electron chi connectivity index (χ0n) is 48.4. The number of unbranched alkanes of at least 4 members (excludes halogenated alkanes) is 23. The summed E-state index contributed by atoms with van der Waals surface area (Å²) in [7, 11) is 0. The molecule has 0 bridgehead atoms. The van der Waals surface area contributed by atoms with Gasteiger partial charge in [0.25, 0.3) is 0 Å². The average Bonchev–Trinajstić information content (AvgIpc) is 3.42. The van der Waals surface area contributed by atoms with E-state index >= 15 is 0 Å². The number of aliphatic hydroxyl groups is 2. The van der Waals surface area contributed by atoms with Crippen molar-refractivity contribution in [2.75, 3.05) is 13.2 Å². The molecule has 440 valence electrons. The van der Waals surface area contributed by atoms with Crippen molar-refractivity contribution in [2.45, 2.75) is 289 Å².